The van der Waals surface area contributed by atoms with Gasteiger partial charge < -0.3 is 4.90 Å². The molecule has 3 saturated heterocycles. The quantitative estimate of drug-likeness (QED) is 0.745. The van der Waals surface area contributed by atoms with E-state index in [9.17, 15) is 0 Å². The van der Waals surface area contributed by atoms with E-state index in [4.69, 9.17) is 0 Å². The zero-order valence-corrected chi connectivity index (χ0v) is 14.4. The highest BCUT2D eigenvalue weighted by atomic mass is 15.1. The second kappa shape index (κ2) is 6.46. The van der Waals surface area contributed by atoms with Crippen molar-refractivity contribution in [1.82, 2.24) is 4.90 Å². The molecule has 3 heterocycles. The molecule has 122 valence electrons. The molecule has 0 aliphatic carbocycles. The average molecular weight is 315 g/mol. The van der Waals surface area contributed by atoms with E-state index in [1.54, 1.807) is 0 Å². The molecule has 1 unspecified atom stereocenters. The number of hydrogen-bond donors (Lipinski definition) is 0. The van der Waals surface area contributed by atoms with Gasteiger partial charge in [-0.3, -0.25) is 0 Å². The van der Waals surface area contributed by atoms with Gasteiger partial charge in [0.25, 0.3) is 0 Å². The van der Waals surface area contributed by atoms with Crippen LogP contribution in [0.2, 0.25) is 0 Å². The second-order valence-corrected chi connectivity index (χ2v) is 7.37. The van der Waals surface area contributed by atoms with Gasteiger partial charge in [-0.1, -0.05) is 72.5 Å². The fraction of sp³-hybridized carbons (Fsp3) is 0.391. The molecule has 1 atom stereocenters. The molecule has 2 aromatic rings. The molecule has 0 saturated carbocycles. The normalized spacial score (nSPS) is 25.8. The molecular formula is C23H25N. The van der Waals surface area contributed by atoms with Crippen molar-refractivity contribution >= 4 is 0 Å². The molecule has 0 radical (unpaired) electrons. The van der Waals surface area contributed by atoms with Crippen LogP contribution in [-0.4, -0.2) is 24.5 Å². The van der Waals surface area contributed by atoms with E-state index in [0.29, 0.717) is 5.92 Å². The summed E-state index contributed by atoms with van der Waals surface area (Å²) in [6, 6.07) is 21.5. The Morgan fingerprint density at radius 2 is 1.42 bits per heavy atom. The zero-order chi connectivity index (χ0) is 16.4. The Labute approximate surface area is 145 Å². The number of fused-ring (bicyclic) bond motifs is 3. The van der Waals surface area contributed by atoms with E-state index >= 15 is 0 Å². The fourth-order valence-corrected chi connectivity index (χ4v) is 4.22. The van der Waals surface area contributed by atoms with Gasteiger partial charge in [0.1, 0.15) is 0 Å². The number of piperidine rings is 3. The highest BCUT2D eigenvalue weighted by molar-refractivity contribution is 5.47. The minimum Gasteiger partial charge on any atom is -0.302 e. The third-order valence-electron chi connectivity index (χ3n) is 5.87. The van der Waals surface area contributed by atoms with Crippen LogP contribution < -0.4 is 0 Å². The van der Waals surface area contributed by atoms with Crippen LogP contribution in [0, 0.1) is 23.7 Å². The molecule has 3 fully saturated rings. The van der Waals surface area contributed by atoms with Gasteiger partial charge >= 0.3 is 0 Å². The summed E-state index contributed by atoms with van der Waals surface area (Å²) in [4.78, 5) is 2.59. The smallest absolute Gasteiger partial charge is 0.0783 e. The molecule has 0 aromatic heterocycles. The molecule has 24 heavy (non-hydrogen) atoms. The fourth-order valence-electron chi connectivity index (χ4n) is 4.22. The van der Waals surface area contributed by atoms with Crippen molar-refractivity contribution in [2.45, 2.75) is 25.2 Å². The van der Waals surface area contributed by atoms with Crippen LogP contribution in [0.15, 0.2) is 60.7 Å². The van der Waals surface area contributed by atoms with Crippen molar-refractivity contribution in [3.63, 3.8) is 0 Å². The summed E-state index contributed by atoms with van der Waals surface area (Å²) in [6.45, 7) is 5.98. The first kappa shape index (κ1) is 15.5. The lowest BCUT2D eigenvalue weighted by molar-refractivity contribution is 0.0777. The molecule has 0 N–H and O–H groups in total. The maximum absolute atomic E-state index is 3.71. The van der Waals surface area contributed by atoms with Gasteiger partial charge in [-0.2, -0.15) is 0 Å². The third-order valence-corrected chi connectivity index (χ3v) is 5.87. The topological polar surface area (TPSA) is 3.24 Å². The van der Waals surface area contributed by atoms with E-state index in [1.165, 1.54) is 37.1 Å². The summed E-state index contributed by atoms with van der Waals surface area (Å²) in [5.74, 6) is 8.75. The molecule has 5 rings (SSSR count). The predicted octanol–water partition coefficient (Wildman–Crippen LogP) is 4.34. The molecule has 3 aliphatic rings. The second-order valence-electron chi connectivity index (χ2n) is 7.37. The Balaban J connectivity index is 1.71. The Bertz CT molecular complexity index is 690. The summed E-state index contributed by atoms with van der Waals surface area (Å²) in [5.41, 5.74) is 2.32. The van der Waals surface area contributed by atoms with E-state index < -0.39 is 0 Å². The predicted molar refractivity (Wildman–Crippen MR) is 99.8 cm³/mol. The van der Waals surface area contributed by atoms with E-state index in [1.807, 2.05) is 0 Å². The maximum Gasteiger partial charge on any atom is 0.0783 e. The molecular weight excluding hydrogens is 290 g/mol. The largest absolute Gasteiger partial charge is 0.302 e. The first-order valence-electron chi connectivity index (χ1n) is 9.12. The minimum atomic E-state index is -0.242. The van der Waals surface area contributed by atoms with Crippen molar-refractivity contribution in [1.29, 1.82) is 0 Å². The highest BCUT2D eigenvalue weighted by Gasteiger charge is 2.34. The first-order valence-corrected chi connectivity index (χ1v) is 9.12. The lowest BCUT2D eigenvalue weighted by atomic mass is 9.75. The average Bonchev–Trinajstić information content (AvgIpc) is 2.68. The number of benzene rings is 2. The number of rotatable bonds is 2. The number of hydrogen-bond acceptors (Lipinski definition) is 1. The van der Waals surface area contributed by atoms with Crippen LogP contribution in [0.4, 0.5) is 0 Å². The molecule has 2 aromatic carbocycles. The van der Waals surface area contributed by atoms with Gasteiger partial charge in [-0.15, -0.1) is 0 Å². The van der Waals surface area contributed by atoms with Crippen LogP contribution in [0.5, 0.6) is 0 Å². The summed E-state index contributed by atoms with van der Waals surface area (Å²) in [6.07, 6.45) is 2.65. The molecule has 1 nitrogen and oxygen atoms in total. The molecule has 0 amide bonds. The molecule has 0 spiro atoms. The van der Waals surface area contributed by atoms with Gasteiger partial charge in [-0.05, 0) is 49.9 Å². The van der Waals surface area contributed by atoms with E-state index in [0.717, 1.165) is 12.5 Å². The Morgan fingerprint density at radius 3 is 1.88 bits per heavy atom. The minimum absolute atomic E-state index is 0.242. The van der Waals surface area contributed by atoms with E-state index in [2.05, 4.69) is 84.3 Å². The first-order chi connectivity index (χ1) is 11.8. The van der Waals surface area contributed by atoms with Gasteiger partial charge in [0, 0.05) is 12.5 Å². The molecule has 1 heteroatoms. The van der Waals surface area contributed by atoms with Crippen molar-refractivity contribution in [2.75, 3.05) is 19.6 Å². The Hall–Kier alpha value is -2.04. The monoisotopic (exact) mass is 315 g/mol. The summed E-state index contributed by atoms with van der Waals surface area (Å²) in [7, 11) is 0. The summed E-state index contributed by atoms with van der Waals surface area (Å²) >= 11 is 0. The van der Waals surface area contributed by atoms with Gasteiger partial charge in [0.2, 0.25) is 0 Å². The van der Waals surface area contributed by atoms with Crippen molar-refractivity contribution in [3.8, 4) is 11.8 Å². The summed E-state index contributed by atoms with van der Waals surface area (Å²) in [5, 5.41) is 0. The van der Waals surface area contributed by atoms with Gasteiger partial charge in [0.15, 0.2) is 0 Å². The zero-order valence-electron chi connectivity index (χ0n) is 14.4. The summed E-state index contributed by atoms with van der Waals surface area (Å²) < 4.78 is 0. The molecule has 2 bridgehead atoms. The van der Waals surface area contributed by atoms with Crippen LogP contribution in [0.25, 0.3) is 0 Å². The van der Waals surface area contributed by atoms with Crippen LogP contribution in [-0.2, 0) is 5.41 Å². The Kier molecular flexibility index (Phi) is 4.17. The SMILES string of the molecule is CC(C#CC1CN2CCC1CC2)(c1ccccc1)c1ccccc1. The standard InChI is InChI=1S/C23H25N/c1-23(21-8-4-2-5-9-21,22-10-6-3-7-11-22)15-12-20-18-24-16-13-19(20)14-17-24/h2-11,19-20H,13-14,16-18H2,1H3. The van der Waals surface area contributed by atoms with Crippen molar-refractivity contribution in [2.24, 2.45) is 11.8 Å². The van der Waals surface area contributed by atoms with Crippen LogP contribution in [0.1, 0.15) is 30.9 Å². The molecule has 3 aliphatic heterocycles. The van der Waals surface area contributed by atoms with Gasteiger partial charge in [-0.25, -0.2) is 0 Å². The highest BCUT2D eigenvalue weighted by Crippen LogP contribution is 2.34. The van der Waals surface area contributed by atoms with E-state index in [-0.39, 0.29) is 5.41 Å². The van der Waals surface area contributed by atoms with Crippen molar-refractivity contribution in [3.05, 3.63) is 71.8 Å². The van der Waals surface area contributed by atoms with Crippen LogP contribution in [0.3, 0.4) is 0 Å². The lowest BCUT2D eigenvalue weighted by Crippen LogP contribution is -2.47. The third kappa shape index (κ3) is 2.87. The lowest BCUT2D eigenvalue weighted by Gasteiger charge is -2.43. The Morgan fingerprint density at radius 1 is 0.875 bits per heavy atom. The number of nitrogens with zero attached hydrogens (tertiary/aromatic N) is 1. The van der Waals surface area contributed by atoms with Crippen LogP contribution >= 0.6 is 0 Å². The maximum atomic E-state index is 3.71. The van der Waals surface area contributed by atoms with Crippen molar-refractivity contribution < 1.29 is 0 Å². The van der Waals surface area contributed by atoms with Gasteiger partial charge in [0.05, 0.1) is 5.41 Å².